The first-order valence-electron chi connectivity index (χ1n) is 3.55. The Balaban J connectivity index is 2.22. The van der Waals surface area contributed by atoms with Crippen LogP contribution in [-0.2, 0) is 17.6 Å². The molecule has 0 spiro atoms. The molecule has 1 aliphatic carbocycles. The minimum atomic E-state index is -0.726. The van der Waals surface area contributed by atoms with Gasteiger partial charge < -0.3 is 9.52 Å². The molecule has 1 atom stereocenters. The molecule has 1 N–H and O–H groups in total. The zero-order valence-corrected chi connectivity index (χ0v) is 5.91. The van der Waals surface area contributed by atoms with Crippen LogP contribution in [0.25, 0.3) is 0 Å². The fraction of sp³-hybridized carbons (Fsp3) is 0.375. The van der Waals surface area contributed by atoms with Crippen LogP contribution in [0.3, 0.4) is 0 Å². The van der Waals surface area contributed by atoms with E-state index in [1.54, 1.807) is 6.26 Å². The van der Waals surface area contributed by atoms with Crippen molar-refractivity contribution in [3.8, 4) is 0 Å². The van der Waals surface area contributed by atoms with E-state index in [9.17, 15) is 4.79 Å². The van der Waals surface area contributed by atoms with Gasteiger partial charge in [0.1, 0.15) is 5.76 Å². The molecular weight excluding hydrogens is 144 g/mol. The van der Waals surface area contributed by atoms with Gasteiger partial charge in [0.15, 0.2) is 0 Å². The minimum Gasteiger partial charge on any atom is -0.481 e. The lowest BCUT2D eigenvalue weighted by Gasteiger charge is -1.98. The Morgan fingerprint density at radius 2 is 2.45 bits per heavy atom. The van der Waals surface area contributed by atoms with Crippen LogP contribution >= 0.6 is 0 Å². The molecule has 1 aromatic rings. The van der Waals surface area contributed by atoms with E-state index in [0.717, 1.165) is 11.3 Å². The van der Waals surface area contributed by atoms with Gasteiger partial charge in [-0.25, -0.2) is 0 Å². The maximum Gasteiger partial charge on any atom is 0.307 e. The fourth-order valence-electron chi connectivity index (χ4n) is 1.46. The van der Waals surface area contributed by atoms with Crippen LogP contribution in [0.1, 0.15) is 11.3 Å². The van der Waals surface area contributed by atoms with Crippen molar-refractivity contribution < 1.29 is 14.3 Å². The third kappa shape index (κ3) is 0.926. The molecule has 1 heterocycles. The quantitative estimate of drug-likeness (QED) is 0.655. The first-order valence-corrected chi connectivity index (χ1v) is 3.55. The number of hydrogen-bond acceptors (Lipinski definition) is 2. The number of furan rings is 1. The highest BCUT2D eigenvalue weighted by Crippen LogP contribution is 2.27. The van der Waals surface area contributed by atoms with Gasteiger partial charge >= 0.3 is 5.97 Å². The zero-order valence-electron chi connectivity index (χ0n) is 5.91. The van der Waals surface area contributed by atoms with E-state index in [0.29, 0.717) is 12.8 Å². The summed E-state index contributed by atoms with van der Waals surface area (Å²) in [6.07, 6.45) is 2.79. The van der Waals surface area contributed by atoms with E-state index in [4.69, 9.17) is 9.52 Å². The maximum atomic E-state index is 10.5. The van der Waals surface area contributed by atoms with E-state index in [2.05, 4.69) is 0 Å². The second-order valence-electron chi connectivity index (χ2n) is 2.81. The van der Waals surface area contributed by atoms with Crippen LogP contribution in [0.15, 0.2) is 16.7 Å². The van der Waals surface area contributed by atoms with Gasteiger partial charge in [-0.15, -0.1) is 0 Å². The van der Waals surface area contributed by atoms with Gasteiger partial charge in [-0.2, -0.15) is 0 Å². The smallest absolute Gasteiger partial charge is 0.307 e. The van der Waals surface area contributed by atoms with E-state index < -0.39 is 5.97 Å². The third-order valence-corrected chi connectivity index (χ3v) is 2.09. The van der Waals surface area contributed by atoms with Crippen molar-refractivity contribution in [1.29, 1.82) is 0 Å². The molecule has 1 aromatic heterocycles. The molecule has 1 aliphatic rings. The molecule has 0 aliphatic heterocycles. The summed E-state index contributed by atoms with van der Waals surface area (Å²) in [6, 6.07) is 1.85. The molecule has 0 radical (unpaired) electrons. The maximum absolute atomic E-state index is 10.5. The normalized spacial score (nSPS) is 21.6. The van der Waals surface area contributed by atoms with E-state index in [1.807, 2.05) is 6.07 Å². The van der Waals surface area contributed by atoms with Crippen molar-refractivity contribution in [2.45, 2.75) is 12.8 Å². The second-order valence-corrected chi connectivity index (χ2v) is 2.81. The van der Waals surface area contributed by atoms with Crippen molar-refractivity contribution in [1.82, 2.24) is 0 Å². The number of carboxylic acid groups (broad SMARTS) is 1. The predicted octanol–water partition coefficient (Wildman–Crippen LogP) is 1.08. The average Bonchev–Trinajstić information content (AvgIpc) is 2.40. The monoisotopic (exact) mass is 152 g/mol. The van der Waals surface area contributed by atoms with Gasteiger partial charge in [0, 0.05) is 6.42 Å². The van der Waals surface area contributed by atoms with Crippen LogP contribution < -0.4 is 0 Å². The lowest BCUT2D eigenvalue weighted by Crippen LogP contribution is -2.13. The highest BCUT2D eigenvalue weighted by molar-refractivity contribution is 5.71. The summed E-state index contributed by atoms with van der Waals surface area (Å²) >= 11 is 0. The summed E-state index contributed by atoms with van der Waals surface area (Å²) in [5.74, 6) is -0.140. The van der Waals surface area contributed by atoms with E-state index in [-0.39, 0.29) is 5.92 Å². The van der Waals surface area contributed by atoms with Crippen LogP contribution in [0.4, 0.5) is 0 Å². The van der Waals surface area contributed by atoms with Crippen molar-refractivity contribution in [3.63, 3.8) is 0 Å². The summed E-state index contributed by atoms with van der Waals surface area (Å²) in [4.78, 5) is 10.5. The van der Waals surface area contributed by atoms with Gasteiger partial charge in [0.05, 0.1) is 12.2 Å². The van der Waals surface area contributed by atoms with Crippen molar-refractivity contribution >= 4 is 5.97 Å². The molecule has 0 saturated heterocycles. The standard InChI is InChI=1S/C8H8O3/c9-8(10)6-3-5-1-2-11-7(5)4-6/h1-2,6H,3-4H2,(H,9,10). The Labute approximate surface area is 63.6 Å². The molecule has 58 valence electrons. The van der Waals surface area contributed by atoms with Crippen molar-refractivity contribution in [3.05, 3.63) is 23.7 Å². The Bertz CT molecular complexity index is 267. The summed E-state index contributed by atoms with van der Waals surface area (Å²) in [5.41, 5.74) is 1.05. The molecule has 0 fully saturated rings. The highest BCUT2D eigenvalue weighted by Gasteiger charge is 2.28. The molecule has 0 bridgehead atoms. The molecule has 1 unspecified atom stereocenters. The average molecular weight is 152 g/mol. The topological polar surface area (TPSA) is 50.4 Å². The highest BCUT2D eigenvalue weighted by atomic mass is 16.4. The molecule has 0 saturated carbocycles. The van der Waals surface area contributed by atoms with Gasteiger partial charge in [-0.1, -0.05) is 0 Å². The second kappa shape index (κ2) is 2.12. The van der Waals surface area contributed by atoms with Gasteiger partial charge in [-0.05, 0) is 18.1 Å². The Hall–Kier alpha value is -1.25. The lowest BCUT2D eigenvalue weighted by atomic mass is 10.1. The number of carbonyl (C=O) groups is 1. The molecule has 3 nitrogen and oxygen atoms in total. The van der Waals surface area contributed by atoms with Crippen LogP contribution in [0.2, 0.25) is 0 Å². The van der Waals surface area contributed by atoms with Crippen molar-refractivity contribution in [2.24, 2.45) is 5.92 Å². The SMILES string of the molecule is O=C(O)C1Cc2ccoc2C1. The minimum absolute atomic E-state index is 0.259. The number of fused-ring (bicyclic) bond motifs is 1. The summed E-state index contributed by atoms with van der Waals surface area (Å²) < 4.78 is 5.09. The van der Waals surface area contributed by atoms with E-state index in [1.165, 1.54) is 0 Å². The fourth-order valence-corrected chi connectivity index (χ4v) is 1.46. The third-order valence-electron chi connectivity index (χ3n) is 2.09. The Morgan fingerprint density at radius 1 is 1.64 bits per heavy atom. The van der Waals surface area contributed by atoms with Crippen molar-refractivity contribution in [2.75, 3.05) is 0 Å². The first-order chi connectivity index (χ1) is 5.27. The molecular formula is C8H8O3. The number of rotatable bonds is 1. The van der Waals surface area contributed by atoms with Gasteiger partial charge in [-0.3, -0.25) is 4.79 Å². The zero-order chi connectivity index (χ0) is 7.84. The molecule has 0 amide bonds. The van der Waals surface area contributed by atoms with E-state index >= 15 is 0 Å². The van der Waals surface area contributed by atoms with Gasteiger partial charge in [0.2, 0.25) is 0 Å². The first kappa shape index (κ1) is 6.46. The van der Waals surface area contributed by atoms with Crippen LogP contribution in [0.5, 0.6) is 0 Å². The van der Waals surface area contributed by atoms with Crippen LogP contribution in [0, 0.1) is 5.92 Å². The summed E-state index contributed by atoms with van der Waals surface area (Å²) in [7, 11) is 0. The molecule has 3 heteroatoms. The van der Waals surface area contributed by atoms with Gasteiger partial charge in [0.25, 0.3) is 0 Å². The molecule has 2 rings (SSSR count). The largest absolute Gasteiger partial charge is 0.481 e. The lowest BCUT2D eigenvalue weighted by molar-refractivity contribution is -0.141. The molecule has 0 aromatic carbocycles. The Morgan fingerprint density at radius 3 is 3.09 bits per heavy atom. The van der Waals surface area contributed by atoms with Crippen LogP contribution in [-0.4, -0.2) is 11.1 Å². The summed E-state index contributed by atoms with van der Waals surface area (Å²) in [5, 5.41) is 8.66. The number of hydrogen-bond donors (Lipinski definition) is 1. The number of carboxylic acids is 1. The summed E-state index contributed by atoms with van der Waals surface area (Å²) in [6.45, 7) is 0. The Kier molecular flexibility index (Phi) is 1.24. The number of aliphatic carboxylic acids is 1. The molecule has 11 heavy (non-hydrogen) atoms. The predicted molar refractivity (Wildman–Crippen MR) is 37.2 cm³/mol.